The van der Waals surface area contributed by atoms with E-state index in [0.717, 1.165) is 56.7 Å². The molecular weight excluding hydrogens is 467 g/mol. The Bertz CT molecular complexity index is 578. The maximum atomic E-state index is 5.62. The van der Waals surface area contributed by atoms with Gasteiger partial charge in [-0.2, -0.15) is 0 Å². The van der Waals surface area contributed by atoms with Gasteiger partial charge in [0.25, 0.3) is 0 Å². The van der Waals surface area contributed by atoms with Crippen molar-refractivity contribution in [3.8, 4) is 0 Å². The van der Waals surface area contributed by atoms with Crippen molar-refractivity contribution in [2.45, 2.75) is 72.6 Å². The van der Waals surface area contributed by atoms with Crippen molar-refractivity contribution in [3.63, 3.8) is 0 Å². The normalized spacial score (nSPS) is 17.2. The lowest BCUT2D eigenvalue weighted by Gasteiger charge is -2.27. The molecule has 0 radical (unpaired) electrons. The largest absolute Gasteiger partial charge is 0.382 e. The molecule has 162 valence electrons. The molecule has 1 heterocycles. The maximum absolute atomic E-state index is 5.62. The molecule has 1 aliphatic carbocycles. The monoisotopic (exact) mass is 506 g/mol. The van der Waals surface area contributed by atoms with Crippen molar-refractivity contribution in [2.24, 2.45) is 10.4 Å². The van der Waals surface area contributed by atoms with Gasteiger partial charge < -0.3 is 19.9 Å². The first-order valence-electron chi connectivity index (χ1n) is 10.5. The standard InChI is InChI=1S/C21H38N4O2.HI/c1-6-22-20(23-14-16(3)19-17(4)25-27-18(19)5)24-15-21(10-8-9-11-21)12-13-26-7-2;/h16H,6-15H2,1-5H3,(H2,22,23,24);1H. The van der Waals surface area contributed by atoms with E-state index in [-0.39, 0.29) is 24.0 Å². The van der Waals surface area contributed by atoms with Gasteiger partial charge in [0.15, 0.2) is 5.96 Å². The van der Waals surface area contributed by atoms with E-state index in [2.05, 4.69) is 36.6 Å². The van der Waals surface area contributed by atoms with Crippen LogP contribution in [0, 0.1) is 19.3 Å². The summed E-state index contributed by atoms with van der Waals surface area (Å²) in [5.74, 6) is 2.13. The minimum atomic E-state index is 0. The summed E-state index contributed by atoms with van der Waals surface area (Å²) in [7, 11) is 0. The number of aryl methyl sites for hydroxylation is 2. The third-order valence-corrected chi connectivity index (χ3v) is 5.72. The fraction of sp³-hybridized carbons (Fsp3) is 0.810. The smallest absolute Gasteiger partial charge is 0.191 e. The molecule has 6 nitrogen and oxygen atoms in total. The number of nitrogens with one attached hydrogen (secondary N) is 2. The van der Waals surface area contributed by atoms with E-state index in [9.17, 15) is 0 Å². The summed E-state index contributed by atoms with van der Waals surface area (Å²) < 4.78 is 10.9. The minimum Gasteiger partial charge on any atom is -0.382 e. The van der Waals surface area contributed by atoms with Crippen molar-refractivity contribution in [1.82, 2.24) is 15.8 Å². The molecular formula is C21H39IN4O2. The van der Waals surface area contributed by atoms with E-state index in [4.69, 9.17) is 14.3 Å². The Hall–Kier alpha value is -0.830. The quantitative estimate of drug-likeness (QED) is 0.211. The lowest BCUT2D eigenvalue weighted by Crippen LogP contribution is -2.40. The van der Waals surface area contributed by atoms with E-state index in [1.54, 1.807) is 0 Å². The van der Waals surface area contributed by atoms with Crippen molar-refractivity contribution < 1.29 is 9.26 Å². The van der Waals surface area contributed by atoms with Crippen LogP contribution in [-0.2, 0) is 4.74 Å². The van der Waals surface area contributed by atoms with Gasteiger partial charge >= 0.3 is 0 Å². The van der Waals surface area contributed by atoms with Crippen LogP contribution in [0.3, 0.4) is 0 Å². The van der Waals surface area contributed by atoms with Gasteiger partial charge in [-0.05, 0) is 52.4 Å². The fourth-order valence-corrected chi connectivity index (χ4v) is 4.18. The number of hydrogen-bond acceptors (Lipinski definition) is 4. The highest BCUT2D eigenvalue weighted by Crippen LogP contribution is 2.41. The van der Waals surface area contributed by atoms with Crippen LogP contribution < -0.4 is 10.6 Å². The predicted molar refractivity (Wildman–Crippen MR) is 126 cm³/mol. The van der Waals surface area contributed by atoms with Crippen LogP contribution in [0.2, 0.25) is 0 Å². The SMILES string of the molecule is CCNC(=NCC1(CCOCC)CCCC1)NCC(C)c1c(C)noc1C.I. The minimum absolute atomic E-state index is 0. The molecule has 0 spiro atoms. The molecule has 1 saturated carbocycles. The van der Waals surface area contributed by atoms with Crippen molar-refractivity contribution in [1.29, 1.82) is 0 Å². The highest BCUT2D eigenvalue weighted by atomic mass is 127. The van der Waals surface area contributed by atoms with Gasteiger partial charge in [-0.15, -0.1) is 24.0 Å². The first kappa shape index (κ1) is 25.2. The van der Waals surface area contributed by atoms with Crippen LogP contribution in [0.25, 0.3) is 0 Å². The van der Waals surface area contributed by atoms with E-state index in [1.807, 2.05) is 13.8 Å². The molecule has 1 fully saturated rings. The highest BCUT2D eigenvalue weighted by Gasteiger charge is 2.33. The van der Waals surface area contributed by atoms with Crippen molar-refractivity contribution in [3.05, 3.63) is 17.0 Å². The summed E-state index contributed by atoms with van der Waals surface area (Å²) in [6.45, 7) is 14.5. The number of aliphatic imine (C=N–C) groups is 1. The Balaban J connectivity index is 0.00000392. The Kier molecular flexibility index (Phi) is 11.4. The average Bonchev–Trinajstić information content (AvgIpc) is 3.24. The Morgan fingerprint density at radius 1 is 1.25 bits per heavy atom. The first-order valence-corrected chi connectivity index (χ1v) is 10.5. The second kappa shape index (κ2) is 12.7. The maximum Gasteiger partial charge on any atom is 0.191 e. The third kappa shape index (κ3) is 7.21. The van der Waals surface area contributed by atoms with Gasteiger partial charge in [0.2, 0.25) is 0 Å². The summed E-state index contributed by atoms with van der Waals surface area (Å²) >= 11 is 0. The van der Waals surface area contributed by atoms with Gasteiger partial charge in [0.05, 0.1) is 5.69 Å². The zero-order valence-electron chi connectivity index (χ0n) is 18.3. The topological polar surface area (TPSA) is 71.7 Å². The number of hydrogen-bond donors (Lipinski definition) is 2. The van der Waals surface area contributed by atoms with Crippen molar-refractivity contribution >= 4 is 29.9 Å². The Labute approximate surface area is 187 Å². The fourth-order valence-electron chi connectivity index (χ4n) is 4.18. The van der Waals surface area contributed by atoms with Crippen molar-refractivity contribution in [2.75, 3.05) is 32.8 Å². The van der Waals surface area contributed by atoms with Gasteiger partial charge in [-0.25, -0.2) is 0 Å². The highest BCUT2D eigenvalue weighted by molar-refractivity contribution is 14.0. The first-order chi connectivity index (χ1) is 13.0. The van der Waals surface area contributed by atoms with Gasteiger partial charge in [0, 0.05) is 44.3 Å². The molecule has 1 aliphatic rings. The number of ether oxygens (including phenoxy) is 1. The number of nitrogens with zero attached hydrogens (tertiary/aromatic N) is 2. The van der Waals surface area contributed by atoms with Gasteiger partial charge in [0.1, 0.15) is 5.76 Å². The lowest BCUT2D eigenvalue weighted by molar-refractivity contribution is 0.107. The number of rotatable bonds is 10. The summed E-state index contributed by atoms with van der Waals surface area (Å²) in [6, 6.07) is 0. The molecule has 0 aliphatic heterocycles. The summed E-state index contributed by atoms with van der Waals surface area (Å²) in [4.78, 5) is 4.94. The number of guanidine groups is 1. The number of aromatic nitrogens is 1. The lowest BCUT2D eigenvalue weighted by atomic mass is 9.83. The molecule has 1 aromatic rings. The molecule has 1 aromatic heterocycles. The van der Waals surface area contributed by atoms with Crippen LogP contribution in [0.4, 0.5) is 0 Å². The van der Waals surface area contributed by atoms with Gasteiger partial charge in [-0.1, -0.05) is 24.9 Å². The van der Waals surface area contributed by atoms with E-state index < -0.39 is 0 Å². The zero-order valence-corrected chi connectivity index (χ0v) is 20.6. The van der Waals surface area contributed by atoms with Gasteiger partial charge in [-0.3, -0.25) is 4.99 Å². The summed E-state index contributed by atoms with van der Waals surface area (Å²) in [5.41, 5.74) is 2.48. The van der Waals surface area contributed by atoms with E-state index in [0.29, 0.717) is 11.3 Å². The molecule has 2 rings (SSSR count). The zero-order chi connectivity index (χ0) is 19.7. The molecule has 0 amide bonds. The molecule has 1 atom stereocenters. The average molecular weight is 506 g/mol. The van der Waals surface area contributed by atoms with Crippen LogP contribution in [0.1, 0.15) is 75.8 Å². The Morgan fingerprint density at radius 2 is 1.96 bits per heavy atom. The molecule has 1 unspecified atom stereocenters. The summed E-state index contributed by atoms with van der Waals surface area (Å²) in [5, 5.41) is 11.0. The molecule has 2 N–H and O–H groups in total. The molecule has 0 bridgehead atoms. The molecule has 28 heavy (non-hydrogen) atoms. The van der Waals surface area contributed by atoms with E-state index in [1.165, 1.54) is 31.2 Å². The molecule has 0 saturated heterocycles. The third-order valence-electron chi connectivity index (χ3n) is 5.72. The van der Waals surface area contributed by atoms with E-state index >= 15 is 0 Å². The molecule has 7 heteroatoms. The predicted octanol–water partition coefficient (Wildman–Crippen LogP) is 4.56. The molecule has 0 aromatic carbocycles. The van der Waals surface area contributed by atoms with Crippen LogP contribution in [0.15, 0.2) is 9.52 Å². The van der Waals surface area contributed by atoms with Crippen LogP contribution in [0.5, 0.6) is 0 Å². The van der Waals surface area contributed by atoms with Crippen LogP contribution >= 0.6 is 24.0 Å². The number of halogens is 1. The second-order valence-corrected chi connectivity index (χ2v) is 7.87. The van der Waals surface area contributed by atoms with Crippen LogP contribution in [-0.4, -0.2) is 44.0 Å². The summed E-state index contributed by atoms with van der Waals surface area (Å²) in [6.07, 6.45) is 6.26. The Morgan fingerprint density at radius 3 is 2.54 bits per heavy atom. The second-order valence-electron chi connectivity index (χ2n) is 7.87.